The smallest absolute Gasteiger partial charge is 0.157 e. The van der Waals surface area contributed by atoms with E-state index in [-0.39, 0.29) is 12.4 Å². The van der Waals surface area contributed by atoms with Crippen LogP contribution in [0.5, 0.6) is 11.5 Å². The summed E-state index contributed by atoms with van der Waals surface area (Å²) in [7, 11) is 0. The van der Waals surface area contributed by atoms with Gasteiger partial charge in [-0.3, -0.25) is 0 Å². The third kappa shape index (κ3) is 3.76. The highest BCUT2D eigenvalue weighted by molar-refractivity contribution is 5.81. The second-order valence-electron chi connectivity index (χ2n) is 2.82. The number of hydrogen-bond donors (Lipinski definition) is 2. The summed E-state index contributed by atoms with van der Waals surface area (Å²) < 4.78 is 10.6. The number of nitrogens with two attached hydrogens (primary N) is 2. The Hall–Kier alpha value is -1.91. The molecule has 0 amide bonds. The zero-order chi connectivity index (χ0) is 11.1. The molecule has 0 aliphatic heterocycles. The first-order valence-corrected chi connectivity index (χ1v) is 4.64. The molecule has 5 heteroatoms. The molecule has 15 heavy (non-hydrogen) atoms. The lowest BCUT2D eigenvalue weighted by molar-refractivity contribution is 0.333. The lowest BCUT2D eigenvalue weighted by Crippen LogP contribution is -2.22. The van der Waals surface area contributed by atoms with Gasteiger partial charge in [0.2, 0.25) is 0 Å². The SMILES string of the molecule is CCOc1cccc(OC/C(N)=N/N)c1. The molecule has 1 aromatic carbocycles. The van der Waals surface area contributed by atoms with Crippen molar-refractivity contribution in [3.63, 3.8) is 0 Å². The fourth-order valence-electron chi connectivity index (χ4n) is 1.01. The van der Waals surface area contributed by atoms with E-state index in [1.54, 1.807) is 6.07 Å². The van der Waals surface area contributed by atoms with Gasteiger partial charge in [0.05, 0.1) is 6.61 Å². The summed E-state index contributed by atoms with van der Waals surface area (Å²) in [6, 6.07) is 7.30. The first-order valence-electron chi connectivity index (χ1n) is 4.64. The van der Waals surface area contributed by atoms with E-state index in [1.807, 2.05) is 25.1 Å². The molecule has 0 saturated heterocycles. The van der Waals surface area contributed by atoms with Crippen LogP contribution in [0.1, 0.15) is 6.92 Å². The molecule has 82 valence electrons. The summed E-state index contributed by atoms with van der Waals surface area (Å²) >= 11 is 0. The Labute approximate surface area is 88.7 Å². The minimum Gasteiger partial charge on any atom is -0.494 e. The first kappa shape index (κ1) is 11.2. The number of hydrogen-bond acceptors (Lipinski definition) is 4. The van der Waals surface area contributed by atoms with E-state index < -0.39 is 0 Å². The van der Waals surface area contributed by atoms with E-state index in [9.17, 15) is 0 Å². The van der Waals surface area contributed by atoms with Crippen molar-refractivity contribution in [2.45, 2.75) is 6.92 Å². The lowest BCUT2D eigenvalue weighted by atomic mass is 10.3. The predicted octanol–water partition coefficient (Wildman–Crippen LogP) is 0.695. The topological polar surface area (TPSA) is 82.9 Å². The van der Waals surface area contributed by atoms with Crippen molar-refractivity contribution in [1.29, 1.82) is 0 Å². The monoisotopic (exact) mass is 209 g/mol. The molecule has 0 atom stereocenters. The van der Waals surface area contributed by atoms with Gasteiger partial charge in [-0.25, -0.2) is 0 Å². The highest BCUT2D eigenvalue weighted by atomic mass is 16.5. The second kappa shape index (κ2) is 5.74. The van der Waals surface area contributed by atoms with Gasteiger partial charge in [-0.2, -0.15) is 5.10 Å². The minimum absolute atomic E-state index is 0.173. The fraction of sp³-hybridized carbons (Fsp3) is 0.300. The van der Waals surface area contributed by atoms with E-state index in [0.717, 1.165) is 5.75 Å². The minimum atomic E-state index is 0.173. The molecule has 0 aliphatic rings. The summed E-state index contributed by atoms with van der Waals surface area (Å²) in [5.74, 6) is 6.66. The molecular weight excluding hydrogens is 194 g/mol. The highest BCUT2D eigenvalue weighted by Gasteiger charge is 1.98. The number of rotatable bonds is 5. The molecule has 0 radical (unpaired) electrons. The maximum absolute atomic E-state index is 5.39. The average Bonchev–Trinajstić information content (AvgIpc) is 2.27. The van der Waals surface area contributed by atoms with E-state index in [4.69, 9.17) is 21.1 Å². The van der Waals surface area contributed by atoms with Crippen LogP contribution in [0.25, 0.3) is 0 Å². The van der Waals surface area contributed by atoms with Gasteiger partial charge in [-0.05, 0) is 19.1 Å². The third-order valence-corrected chi connectivity index (χ3v) is 1.67. The van der Waals surface area contributed by atoms with Crippen molar-refractivity contribution in [3.8, 4) is 11.5 Å². The van der Waals surface area contributed by atoms with Crippen molar-refractivity contribution in [3.05, 3.63) is 24.3 Å². The van der Waals surface area contributed by atoms with Crippen LogP contribution in [0.4, 0.5) is 0 Å². The van der Waals surface area contributed by atoms with Crippen LogP contribution in [-0.4, -0.2) is 19.0 Å². The largest absolute Gasteiger partial charge is 0.494 e. The maximum atomic E-state index is 5.39. The number of hydrazone groups is 1. The quantitative estimate of drug-likeness (QED) is 0.323. The van der Waals surface area contributed by atoms with Crippen LogP contribution in [0.15, 0.2) is 29.4 Å². The van der Waals surface area contributed by atoms with Crippen LogP contribution in [-0.2, 0) is 0 Å². The summed E-state index contributed by atoms with van der Waals surface area (Å²) in [6.07, 6.45) is 0. The number of amidine groups is 1. The number of benzene rings is 1. The highest BCUT2D eigenvalue weighted by Crippen LogP contribution is 2.18. The normalized spacial score (nSPS) is 11.1. The first-order chi connectivity index (χ1) is 7.26. The van der Waals surface area contributed by atoms with Crippen LogP contribution in [0.3, 0.4) is 0 Å². The van der Waals surface area contributed by atoms with Crippen LogP contribution in [0, 0.1) is 0 Å². The fourth-order valence-corrected chi connectivity index (χ4v) is 1.01. The zero-order valence-electron chi connectivity index (χ0n) is 8.64. The van der Waals surface area contributed by atoms with Crippen LogP contribution in [0.2, 0.25) is 0 Å². The van der Waals surface area contributed by atoms with Gasteiger partial charge in [-0.15, -0.1) is 0 Å². The predicted molar refractivity (Wildman–Crippen MR) is 58.9 cm³/mol. The summed E-state index contributed by atoms with van der Waals surface area (Å²) in [4.78, 5) is 0. The Bertz CT molecular complexity index is 339. The molecule has 1 rings (SSSR count). The molecule has 0 saturated carbocycles. The van der Waals surface area contributed by atoms with Gasteiger partial charge in [0.25, 0.3) is 0 Å². The van der Waals surface area contributed by atoms with Gasteiger partial charge in [0.1, 0.15) is 18.1 Å². The summed E-state index contributed by atoms with van der Waals surface area (Å²) in [6.45, 7) is 2.72. The summed E-state index contributed by atoms with van der Waals surface area (Å²) in [5, 5.41) is 3.30. The average molecular weight is 209 g/mol. The molecule has 1 aromatic rings. The second-order valence-corrected chi connectivity index (χ2v) is 2.82. The molecule has 0 aliphatic carbocycles. The Morgan fingerprint density at radius 1 is 1.33 bits per heavy atom. The van der Waals surface area contributed by atoms with E-state index in [2.05, 4.69) is 5.10 Å². The van der Waals surface area contributed by atoms with Crippen molar-refractivity contribution < 1.29 is 9.47 Å². The molecule has 0 unspecified atom stereocenters. The molecule has 0 spiro atoms. The van der Waals surface area contributed by atoms with Gasteiger partial charge < -0.3 is 21.1 Å². The van der Waals surface area contributed by atoms with Crippen molar-refractivity contribution >= 4 is 5.84 Å². The van der Waals surface area contributed by atoms with E-state index >= 15 is 0 Å². The van der Waals surface area contributed by atoms with Gasteiger partial charge in [0, 0.05) is 6.07 Å². The molecule has 4 N–H and O–H groups in total. The van der Waals surface area contributed by atoms with Gasteiger partial charge >= 0.3 is 0 Å². The van der Waals surface area contributed by atoms with Gasteiger partial charge in [0.15, 0.2) is 5.84 Å². The standard InChI is InChI=1S/C10H15N3O2/c1-2-14-8-4-3-5-9(6-8)15-7-10(11)13-12/h3-6H,2,7,12H2,1H3,(H2,11,13). The van der Waals surface area contributed by atoms with Crippen molar-refractivity contribution in [2.75, 3.05) is 13.2 Å². The Balaban J connectivity index is 2.57. The lowest BCUT2D eigenvalue weighted by Gasteiger charge is -2.07. The molecular formula is C10H15N3O2. The van der Waals surface area contributed by atoms with Crippen LogP contribution < -0.4 is 21.1 Å². The summed E-state index contributed by atoms with van der Waals surface area (Å²) in [5.41, 5.74) is 5.39. The third-order valence-electron chi connectivity index (χ3n) is 1.67. The number of ether oxygens (including phenoxy) is 2. The molecule has 0 heterocycles. The molecule has 0 fully saturated rings. The van der Waals surface area contributed by atoms with Crippen molar-refractivity contribution in [2.24, 2.45) is 16.7 Å². The van der Waals surface area contributed by atoms with Gasteiger partial charge in [-0.1, -0.05) is 6.07 Å². The maximum Gasteiger partial charge on any atom is 0.157 e. The molecule has 0 aromatic heterocycles. The van der Waals surface area contributed by atoms with Crippen molar-refractivity contribution in [1.82, 2.24) is 0 Å². The number of nitrogens with zero attached hydrogens (tertiary/aromatic N) is 1. The molecule has 0 bridgehead atoms. The Kier molecular flexibility index (Phi) is 4.28. The molecule has 5 nitrogen and oxygen atoms in total. The Morgan fingerprint density at radius 3 is 2.60 bits per heavy atom. The zero-order valence-corrected chi connectivity index (χ0v) is 8.64. The van der Waals surface area contributed by atoms with E-state index in [0.29, 0.717) is 12.4 Å². The van der Waals surface area contributed by atoms with Crippen LogP contribution >= 0.6 is 0 Å². The Morgan fingerprint density at radius 2 is 2.00 bits per heavy atom. The van der Waals surface area contributed by atoms with E-state index in [1.165, 1.54) is 0 Å².